The third-order valence-electron chi connectivity index (χ3n) is 3.32. The quantitative estimate of drug-likeness (QED) is 0.756. The van der Waals surface area contributed by atoms with E-state index in [1.54, 1.807) is 0 Å². The maximum atomic E-state index is 11.5. The van der Waals surface area contributed by atoms with Crippen LogP contribution in [0, 0.1) is 0 Å². The molecule has 4 heteroatoms. The molecule has 1 aromatic carbocycles. The first kappa shape index (κ1) is 14.5. The van der Waals surface area contributed by atoms with Crippen LogP contribution in [0.25, 0.3) is 0 Å². The average Bonchev–Trinajstić information content (AvgIpc) is 3.18. The topological polar surface area (TPSA) is 41.1 Å². The van der Waals surface area contributed by atoms with Crippen LogP contribution in [0.1, 0.15) is 44.2 Å². The Morgan fingerprint density at radius 3 is 2.95 bits per heavy atom. The van der Waals surface area contributed by atoms with E-state index >= 15 is 0 Å². The molecule has 0 heterocycles. The number of amides is 1. The van der Waals surface area contributed by atoms with Crippen molar-refractivity contribution in [2.45, 2.75) is 44.7 Å². The second kappa shape index (κ2) is 7.06. The zero-order valence-corrected chi connectivity index (χ0v) is 12.9. The number of nitrogens with one attached hydrogen (secondary N) is 2. The Morgan fingerprint density at radius 1 is 1.47 bits per heavy atom. The van der Waals surface area contributed by atoms with E-state index in [-0.39, 0.29) is 5.91 Å². The van der Waals surface area contributed by atoms with Crippen LogP contribution in [0.3, 0.4) is 0 Å². The second-order valence-corrected chi connectivity index (χ2v) is 6.09. The van der Waals surface area contributed by atoms with Gasteiger partial charge in [-0.25, -0.2) is 0 Å². The largest absolute Gasteiger partial charge is 0.353 e. The number of halogens is 1. The van der Waals surface area contributed by atoms with Gasteiger partial charge in [-0.1, -0.05) is 28.1 Å². The van der Waals surface area contributed by atoms with E-state index in [0.29, 0.717) is 18.5 Å². The van der Waals surface area contributed by atoms with Gasteiger partial charge in [-0.3, -0.25) is 4.79 Å². The average molecular weight is 325 g/mol. The molecule has 1 aliphatic carbocycles. The Balaban J connectivity index is 1.63. The summed E-state index contributed by atoms with van der Waals surface area (Å²) < 4.78 is 1.10. The Morgan fingerprint density at radius 2 is 2.26 bits per heavy atom. The lowest BCUT2D eigenvalue weighted by Gasteiger charge is -2.14. The molecule has 0 aliphatic heterocycles. The number of rotatable bonds is 7. The van der Waals surface area contributed by atoms with Crippen molar-refractivity contribution in [1.29, 1.82) is 0 Å². The van der Waals surface area contributed by atoms with Crippen LogP contribution in [0.15, 0.2) is 28.7 Å². The van der Waals surface area contributed by atoms with Crippen molar-refractivity contribution in [3.63, 3.8) is 0 Å². The van der Waals surface area contributed by atoms with Crippen LogP contribution >= 0.6 is 15.9 Å². The Kier molecular flexibility index (Phi) is 5.40. The fraction of sp³-hybridized carbons (Fsp3) is 0.533. The van der Waals surface area contributed by atoms with Gasteiger partial charge in [-0.05, 0) is 50.4 Å². The smallest absolute Gasteiger partial charge is 0.220 e. The highest BCUT2D eigenvalue weighted by Gasteiger charge is 2.22. The normalized spacial score (nSPS) is 16.1. The molecular weight excluding hydrogens is 304 g/mol. The zero-order valence-electron chi connectivity index (χ0n) is 11.3. The molecule has 1 amide bonds. The maximum absolute atomic E-state index is 11.5. The van der Waals surface area contributed by atoms with E-state index in [4.69, 9.17) is 0 Å². The third kappa shape index (κ3) is 5.33. The van der Waals surface area contributed by atoms with Crippen LogP contribution in [0.5, 0.6) is 0 Å². The monoisotopic (exact) mass is 324 g/mol. The van der Waals surface area contributed by atoms with Crippen LogP contribution in [0.4, 0.5) is 0 Å². The third-order valence-corrected chi connectivity index (χ3v) is 3.82. The fourth-order valence-corrected chi connectivity index (χ4v) is 2.41. The molecule has 0 spiro atoms. The first-order valence-corrected chi connectivity index (χ1v) is 7.72. The summed E-state index contributed by atoms with van der Waals surface area (Å²) in [6, 6.07) is 9.09. The maximum Gasteiger partial charge on any atom is 0.220 e. The zero-order chi connectivity index (χ0) is 13.7. The highest BCUT2D eigenvalue weighted by Crippen LogP contribution is 2.19. The van der Waals surface area contributed by atoms with Crippen molar-refractivity contribution >= 4 is 21.8 Å². The lowest BCUT2D eigenvalue weighted by atomic mass is 10.1. The molecule has 0 aromatic heterocycles. The van der Waals surface area contributed by atoms with Crippen molar-refractivity contribution in [2.24, 2.45) is 0 Å². The molecule has 1 aromatic rings. The van der Waals surface area contributed by atoms with Gasteiger partial charge in [0.15, 0.2) is 0 Å². The number of hydrogen-bond donors (Lipinski definition) is 2. The molecule has 2 N–H and O–H groups in total. The summed E-state index contributed by atoms with van der Waals surface area (Å²) in [6.45, 7) is 3.01. The predicted octanol–water partition coefficient (Wildman–Crippen LogP) is 3.16. The van der Waals surface area contributed by atoms with Crippen molar-refractivity contribution in [3.05, 3.63) is 34.3 Å². The summed E-state index contributed by atoms with van der Waals surface area (Å²) in [5.74, 6) is 0.194. The Labute approximate surface area is 123 Å². The molecule has 3 nitrogen and oxygen atoms in total. The highest BCUT2D eigenvalue weighted by molar-refractivity contribution is 9.10. The van der Waals surface area contributed by atoms with Crippen molar-refractivity contribution in [1.82, 2.24) is 10.6 Å². The molecule has 0 bridgehead atoms. The molecule has 19 heavy (non-hydrogen) atoms. The lowest BCUT2D eigenvalue weighted by molar-refractivity contribution is -0.121. The molecule has 0 saturated heterocycles. The first-order chi connectivity index (χ1) is 9.15. The first-order valence-electron chi connectivity index (χ1n) is 6.93. The molecule has 0 radical (unpaired) electrons. The second-order valence-electron chi connectivity index (χ2n) is 5.18. The molecule has 1 fully saturated rings. The van der Waals surface area contributed by atoms with Gasteiger partial charge in [-0.15, -0.1) is 0 Å². The molecule has 1 aliphatic rings. The van der Waals surface area contributed by atoms with E-state index in [9.17, 15) is 4.79 Å². The Hall–Kier alpha value is -0.870. The van der Waals surface area contributed by atoms with Crippen LogP contribution in [-0.4, -0.2) is 18.5 Å². The number of carbonyl (C=O) groups is 1. The van der Waals surface area contributed by atoms with Crippen LogP contribution in [0.2, 0.25) is 0 Å². The van der Waals surface area contributed by atoms with Crippen LogP contribution in [-0.2, 0) is 4.79 Å². The van der Waals surface area contributed by atoms with Gasteiger partial charge < -0.3 is 10.6 Å². The minimum atomic E-state index is 0.194. The highest BCUT2D eigenvalue weighted by atomic mass is 79.9. The van der Waals surface area contributed by atoms with Crippen molar-refractivity contribution < 1.29 is 4.79 Å². The lowest BCUT2D eigenvalue weighted by Crippen LogP contribution is -2.27. The predicted molar refractivity (Wildman–Crippen MR) is 81.0 cm³/mol. The summed E-state index contributed by atoms with van der Waals surface area (Å²) >= 11 is 3.48. The van der Waals surface area contributed by atoms with Gasteiger partial charge in [0.05, 0.1) is 0 Å². The summed E-state index contributed by atoms with van der Waals surface area (Å²) in [4.78, 5) is 11.5. The van der Waals surface area contributed by atoms with Crippen molar-refractivity contribution in [3.8, 4) is 0 Å². The van der Waals surface area contributed by atoms with E-state index < -0.39 is 0 Å². The van der Waals surface area contributed by atoms with Gasteiger partial charge in [0.25, 0.3) is 0 Å². The van der Waals surface area contributed by atoms with Gasteiger partial charge in [-0.2, -0.15) is 0 Å². The van der Waals surface area contributed by atoms with E-state index in [1.165, 1.54) is 5.56 Å². The van der Waals surface area contributed by atoms with E-state index in [2.05, 4.69) is 45.6 Å². The summed E-state index contributed by atoms with van der Waals surface area (Å²) in [6.07, 6.45) is 3.82. The number of benzene rings is 1. The minimum absolute atomic E-state index is 0.194. The minimum Gasteiger partial charge on any atom is -0.353 e. The van der Waals surface area contributed by atoms with Gasteiger partial charge in [0, 0.05) is 23.0 Å². The summed E-state index contributed by atoms with van der Waals surface area (Å²) in [5.41, 5.74) is 1.26. The molecule has 1 saturated carbocycles. The molecule has 104 valence electrons. The van der Waals surface area contributed by atoms with Crippen LogP contribution < -0.4 is 10.6 Å². The molecule has 2 rings (SSSR count). The van der Waals surface area contributed by atoms with Gasteiger partial charge >= 0.3 is 0 Å². The fourth-order valence-electron chi connectivity index (χ4n) is 1.99. The number of carbonyl (C=O) groups excluding carboxylic acids is 1. The summed E-state index contributed by atoms with van der Waals surface area (Å²) in [5, 5.41) is 6.46. The van der Waals surface area contributed by atoms with Gasteiger partial charge in [0.1, 0.15) is 0 Å². The van der Waals surface area contributed by atoms with E-state index in [0.717, 1.165) is 30.3 Å². The Bertz CT molecular complexity index is 432. The SMILES string of the molecule is CC(NCCCC(=O)NC1CC1)c1cccc(Br)c1. The molecule has 1 atom stereocenters. The standard InChI is InChI=1S/C15H21BrN2O/c1-11(12-4-2-5-13(16)10-12)17-9-3-6-15(19)18-14-7-8-14/h2,4-5,10-11,14,17H,3,6-9H2,1H3,(H,18,19). The molecular formula is C15H21BrN2O. The molecule has 1 unspecified atom stereocenters. The van der Waals surface area contributed by atoms with Gasteiger partial charge in [0.2, 0.25) is 5.91 Å². The summed E-state index contributed by atoms with van der Waals surface area (Å²) in [7, 11) is 0. The van der Waals surface area contributed by atoms with E-state index in [1.807, 2.05) is 12.1 Å². The number of hydrogen-bond acceptors (Lipinski definition) is 2. The van der Waals surface area contributed by atoms with Crippen molar-refractivity contribution in [2.75, 3.05) is 6.54 Å².